The van der Waals surface area contributed by atoms with Crippen LogP contribution in [0.3, 0.4) is 0 Å². The van der Waals surface area contributed by atoms with Gasteiger partial charge in [-0.3, -0.25) is 4.79 Å². The highest BCUT2D eigenvalue weighted by atomic mass is 16.5. The molecule has 2 rings (SSSR count). The first-order valence-corrected chi connectivity index (χ1v) is 5.88. The smallest absolute Gasteiger partial charge is 0.306 e. The Morgan fingerprint density at radius 2 is 1.81 bits per heavy atom. The van der Waals surface area contributed by atoms with Crippen molar-refractivity contribution in [2.45, 2.75) is 26.9 Å². The molecule has 0 spiro atoms. The molecule has 0 aromatic heterocycles. The van der Waals surface area contributed by atoms with Gasteiger partial charge < -0.3 is 4.74 Å². The Kier molecular flexibility index (Phi) is 3.28. The van der Waals surface area contributed by atoms with Crippen LogP contribution in [-0.2, 0) is 16.1 Å². The van der Waals surface area contributed by atoms with Crippen LogP contribution in [0, 0.1) is 17.8 Å². The van der Waals surface area contributed by atoms with E-state index >= 15 is 0 Å². The quantitative estimate of drug-likeness (QED) is 0.726. The molecule has 0 bridgehead atoms. The lowest BCUT2D eigenvalue weighted by atomic mass is 10.2. The molecule has 0 N–H and O–H groups in total. The molecular weight excluding hydrogens is 200 g/mol. The van der Waals surface area contributed by atoms with Crippen molar-refractivity contribution >= 4 is 5.97 Å². The van der Waals surface area contributed by atoms with E-state index in [1.807, 2.05) is 30.3 Å². The lowest BCUT2D eigenvalue weighted by Crippen LogP contribution is -2.06. The molecule has 16 heavy (non-hydrogen) atoms. The first-order chi connectivity index (χ1) is 7.68. The van der Waals surface area contributed by atoms with E-state index in [-0.39, 0.29) is 5.97 Å². The molecule has 0 amide bonds. The van der Waals surface area contributed by atoms with Gasteiger partial charge in [-0.05, 0) is 23.3 Å². The van der Waals surface area contributed by atoms with Gasteiger partial charge in [0.15, 0.2) is 0 Å². The van der Waals surface area contributed by atoms with E-state index < -0.39 is 0 Å². The molecule has 0 radical (unpaired) electrons. The second-order valence-corrected chi connectivity index (χ2v) is 4.73. The third-order valence-electron chi connectivity index (χ3n) is 3.68. The molecule has 0 heterocycles. The molecule has 0 saturated heterocycles. The summed E-state index contributed by atoms with van der Waals surface area (Å²) in [6.07, 6.45) is 0.579. The molecular formula is C14H18O2. The number of benzene rings is 1. The Hall–Kier alpha value is -1.31. The standard InChI is InChI=1S/C14H18O2/c1-10-11(2)13(10)8-14(15)16-9-12-6-4-3-5-7-12/h3-7,10-11,13H,8-9H2,1-2H3/t10-,11-/m1/s1. The van der Waals surface area contributed by atoms with E-state index in [9.17, 15) is 4.79 Å². The molecule has 1 fully saturated rings. The largest absolute Gasteiger partial charge is 0.461 e. The van der Waals surface area contributed by atoms with E-state index in [0.29, 0.717) is 30.8 Å². The maximum atomic E-state index is 11.5. The summed E-state index contributed by atoms with van der Waals surface area (Å²) < 4.78 is 5.24. The zero-order chi connectivity index (χ0) is 11.5. The highest BCUT2D eigenvalue weighted by Gasteiger charge is 2.43. The summed E-state index contributed by atoms with van der Waals surface area (Å²) in [7, 11) is 0. The van der Waals surface area contributed by atoms with Gasteiger partial charge in [0.2, 0.25) is 0 Å². The lowest BCUT2D eigenvalue weighted by Gasteiger charge is -2.04. The first-order valence-electron chi connectivity index (χ1n) is 5.88. The van der Waals surface area contributed by atoms with Crippen LogP contribution in [0.5, 0.6) is 0 Å². The average Bonchev–Trinajstić information content (AvgIpc) is 2.86. The number of carbonyl (C=O) groups excluding carboxylic acids is 1. The molecule has 0 aliphatic heterocycles. The van der Waals surface area contributed by atoms with Gasteiger partial charge >= 0.3 is 5.97 Å². The Labute approximate surface area is 96.6 Å². The van der Waals surface area contributed by atoms with Crippen LogP contribution in [0.2, 0.25) is 0 Å². The van der Waals surface area contributed by atoms with Crippen molar-refractivity contribution in [3.63, 3.8) is 0 Å². The average molecular weight is 218 g/mol. The first kappa shape index (κ1) is 11.2. The van der Waals surface area contributed by atoms with Crippen LogP contribution in [-0.4, -0.2) is 5.97 Å². The fourth-order valence-electron chi connectivity index (χ4n) is 2.13. The summed E-state index contributed by atoms with van der Waals surface area (Å²) >= 11 is 0. The molecule has 2 heteroatoms. The van der Waals surface area contributed by atoms with Gasteiger partial charge in [-0.1, -0.05) is 44.2 Å². The molecule has 2 nitrogen and oxygen atoms in total. The SMILES string of the molecule is C[C@H]1C(CC(=O)OCc2ccccc2)[C@@H]1C. The summed E-state index contributed by atoms with van der Waals surface area (Å²) in [6, 6.07) is 9.80. The minimum atomic E-state index is -0.0648. The van der Waals surface area contributed by atoms with Gasteiger partial charge in [0, 0.05) is 6.42 Å². The fraction of sp³-hybridized carbons (Fsp3) is 0.500. The Morgan fingerprint density at radius 1 is 1.19 bits per heavy atom. The zero-order valence-corrected chi connectivity index (χ0v) is 9.85. The molecule has 2 atom stereocenters. The van der Waals surface area contributed by atoms with Crippen LogP contribution in [0.4, 0.5) is 0 Å². The number of rotatable bonds is 4. The minimum absolute atomic E-state index is 0.0648. The Morgan fingerprint density at radius 3 is 2.38 bits per heavy atom. The van der Waals surface area contributed by atoms with E-state index in [4.69, 9.17) is 4.74 Å². The molecule has 1 aromatic rings. The molecule has 1 aromatic carbocycles. The number of hydrogen-bond donors (Lipinski definition) is 0. The van der Waals surface area contributed by atoms with Gasteiger partial charge in [0.1, 0.15) is 6.61 Å². The number of carbonyl (C=O) groups is 1. The lowest BCUT2D eigenvalue weighted by molar-refractivity contribution is -0.145. The predicted molar refractivity (Wildman–Crippen MR) is 62.7 cm³/mol. The maximum absolute atomic E-state index is 11.5. The number of hydrogen-bond acceptors (Lipinski definition) is 2. The fourth-order valence-corrected chi connectivity index (χ4v) is 2.13. The monoisotopic (exact) mass is 218 g/mol. The van der Waals surface area contributed by atoms with Gasteiger partial charge in [-0.2, -0.15) is 0 Å². The number of esters is 1. The van der Waals surface area contributed by atoms with E-state index in [1.165, 1.54) is 0 Å². The van der Waals surface area contributed by atoms with E-state index in [1.54, 1.807) is 0 Å². The highest BCUT2D eigenvalue weighted by molar-refractivity contribution is 5.70. The third-order valence-corrected chi connectivity index (χ3v) is 3.68. The van der Waals surface area contributed by atoms with Crippen LogP contribution in [0.25, 0.3) is 0 Å². The molecule has 1 aliphatic rings. The topological polar surface area (TPSA) is 26.3 Å². The summed E-state index contributed by atoms with van der Waals surface area (Å²) in [5.74, 6) is 1.85. The Bertz CT molecular complexity index is 350. The summed E-state index contributed by atoms with van der Waals surface area (Å²) in [5, 5.41) is 0. The minimum Gasteiger partial charge on any atom is -0.461 e. The number of ether oxygens (including phenoxy) is 1. The second-order valence-electron chi connectivity index (χ2n) is 4.73. The van der Waals surface area contributed by atoms with Crippen molar-refractivity contribution in [3.8, 4) is 0 Å². The van der Waals surface area contributed by atoms with Crippen LogP contribution in [0.15, 0.2) is 30.3 Å². The zero-order valence-electron chi connectivity index (χ0n) is 9.85. The van der Waals surface area contributed by atoms with Crippen molar-refractivity contribution in [1.29, 1.82) is 0 Å². The predicted octanol–water partition coefficient (Wildman–Crippen LogP) is 3.02. The summed E-state index contributed by atoms with van der Waals surface area (Å²) in [4.78, 5) is 11.5. The Balaban J connectivity index is 1.73. The van der Waals surface area contributed by atoms with Crippen molar-refractivity contribution in [2.75, 3.05) is 0 Å². The maximum Gasteiger partial charge on any atom is 0.306 e. The van der Waals surface area contributed by atoms with Crippen LogP contribution >= 0.6 is 0 Å². The van der Waals surface area contributed by atoms with E-state index in [2.05, 4.69) is 13.8 Å². The summed E-state index contributed by atoms with van der Waals surface area (Å²) in [5.41, 5.74) is 1.05. The normalized spacial score (nSPS) is 27.5. The van der Waals surface area contributed by atoms with Crippen LogP contribution in [0.1, 0.15) is 25.8 Å². The third kappa shape index (κ3) is 2.63. The van der Waals surface area contributed by atoms with Crippen molar-refractivity contribution < 1.29 is 9.53 Å². The van der Waals surface area contributed by atoms with Crippen molar-refractivity contribution in [2.24, 2.45) is 17.8 Å². The summed E-state index contributed by atoms with van der Waals surface area (Å²) in [6.45, 7) is 4.79. The van der Waals surface area contributed by atoms with Crippen LogP contribution < -0.4 is 0 Å². The van der Waals surface area contributed by atoms with Gasteiger partial charge in [0.25, 0.3) is 0 Å². The van der Waals surface area contributed by atoms with Gasteiger partial charge in [-0.25, -0.2) is 0 Å². The molecule has 1 aliphatic carbocycles. The second kappa shape index (κ2) is 4.69. The van der Waals surface area contributed by atoms with Gasteiger partial charge in [0.05, 0.1) is 0 Å². The molecule has 0 unspecified atom stereocenters. The van der Waals surface area contributed by atoms with E-state index in [0.717, 1.165) is 5.56 Å². The molecule has 86 valence electrons. The highest BCUT2D eigenvalue weighted by Crippen LogP contribution is 2.47. The van der Waals surface area contributed by atoms with Gasteiger partial charge in [-0.15, -0.1) is 0 Å². The molecule has 1 saturated carbocycles. The van der Waals surface area contributed by atoms with Crippen molar-refractivity contribution in [1.82, 2.24) is 0 Å². The van der Waals surface area contributed by atoms with Crippen molar-refractivity contribution in [3.05, 3.63) is 35.9 Å².